The van der Waals surface area contributed by atoms with E-state index in [-0.39, 0.29) is 40.2 Å². The van der Waals surface area contributed by atoms with Crippen molar-refractivity contribution in [1.82, 2.24) is 5.16 Å². The molecule has 1 fully saturated rings. The van der Waals surface area contributed by atoms with Crippen LogP contribution < -0.4 is 4.74 Å². The van der Waals surface area contributed by atoms with Crippen LogP contribution >= 0.6 is 11.6 Å². The Balaban J connectivity index is 0.000000246. The molecule has 1 heterocycles. The van der Waals surface area contributed by atoms with Gasteiger partial charge in [-0.1, -0.05) is 16.8 Å². The van der Waals surface area contributed by atoms with Crippen molar-refractivity contribution in [2.24, 2.45) is 0 Å². The van der Waals surface area contributed by atoms with Crippen LogP contribution in [0.4, 0.5) is 32.0 Å². The average Bonchev–Trinajstić information content (AvgIpc) is 3.82. The second-order valence-electron chi connectivity index (χ2n) is 11.3. The number of ether oxygens (including phenoxy) is 3. The number of ketones is 1. The van der Waals surface area contributed by atoms with Gasteiger partial charge in [0.25, 0.3) is 5.69 Å². The lowest BCUT2D eigenvalue weighted by Gasteiger charge is -2.12. The van der Waals surface area contributed by atoms with Gasteiger partial charge in [0.15, 0.2) is 28.0 Å². The predicted octanol–water partition coefficient (Wildman–Crippen LogP) is 7.98. The molecular weight excluding hydrogens is 782 g/mol. The fraction of sp³-hybridized carbons (Fsp3) is 0.273. The molecule has 0 amide bonds. The minimum Gasteiger partial charge on any atom is -0.463 e. The van der Waals surface area contributed by atoms with Gasteiger partial charge in [0, 0.05) is 29.9 Å². The molecule has 0 radical (unpaired) electrons. The van der Waals surface area contributed by atoms with Crippen molar-refractivity contribution in [2.45, 2.75) is 42.9 Å². The number of aromatic nitrogens is 1. The Kier molecular flexibility index (Phi) is 12.4. The first-order valence-electron chi connectivity index (χ1n) is 15.2. The molecule has 5 rings (SSSR count). The van der Waals surface area contributed by atoms with Crippen molar-refractivity contribution < 1.29 is 72.8 Å². The number of benzene rings is 3. The van der Waals surface area contributed by atoms with Crippen LogP contribution in [-0.2, 0) is 36.5 Å². The number of sulfone groups is 1. The lowest BCUT2D eigenvalue weighted by atomic mass is 10.0. The Morgan fingerprint density at radius 1 is 0.926 bits per heavy atom. The Morgan fingerprint density at radius 2 is 1.56 bits per heavy atom. The third-order valence-electron chi connectivity index (χ3n) is 7.24. The summed E-state index contributed by atoms with van der Waals surface area (Å²) in [5.41, 5.74) is -3.53. The summed E-state index contributed by atoms with van der Waals surface area (Å²) >= 11 is 5.81. The Labute approximate surface area is 305 Å². The highest BCUT2D eigenvalue weighted by atomic mass is 35.5. The SMILES string of the molecule is CCOC(=O)COC(=O)c1cc(Oc2ccc(C(F)(F)F)cc2Cl)ccc1[N+](=O)[O-].CS(=O)(=O)c1cc(C(F)(F)F)ccc1C(=O)c1cnoc1C1CC1. The number of esters is 2. The van der Waals surface area contributed by atoms with Gasteiger partial charge in [0.05, 0.1) is 44.3 Å². The maximum atomic E-state index is 12.8. The summed E-state index contributed by atoms with van der Waals surface area (Å²) in [4.78, 5) is 45.7. The zero-order chi connectivity index (χ0) is 40.2. The summed E-state index contributed by atoms with van der Waals surface area (Å²) in [6, 6.07) is 7.40. The van der Waals surface area contributed by atoms with Crippen LogP contribution in [0.25, 0.3) is 0 Å². The number of nitrogens with zero attached hydrogens (tertiary/aromatic N) is 2. The van der Waals surface area contributed by atoms with E-state index in [0.29, 0.717) is 24.0 Å². The van der Waals surface area contributed by atoms with E-state index in [1.165, 1.54) is 13.1 Å². The van der Waals surface area contributed by atoms with Crippen LogP contribution in [0.2, 0.25) is 5.02 Å². The van der Waals surface area contributed by atoms with E-state index < -0.39 is 78.7 Å². The Hall–Kier alpha value is -5.50. The van der Waals surface area contributed by atoms with Crippen molar-refractivity contribution in [1.29, 1.82) is 0 Å². The summed E-state index contributed by atoms with van der Waals surface area (Å²) in [5, 5.41) is 14.3. The van der Waals surface area contributed by atoms with Crippen LogP contribution in [0.1, 0.15) is 68.8 Å². The van der Waals surface area contributed by atoms with E-state index in [1.54, 1.807) is 0 Å². The molecule has 1 saturated carbocycles. The van der Waals surface area contributed by atoms with Gasteiger partial charge in [-0.3, -0.25) is 14.9 Å². The molecule has 3 aromatic carbocycles. The summed E-state index contributed by atoms with van der Waals surface area (Å²) in [7, 11) is -4.04. The van der Waals surface area contributed by atoms with E-state index in [2.05, 4.69) is 9.89 Å². The van der Waals surface area contributed by atoms with Crippen molar-refractivity contribution in [3.63, 3.8) is 0 Å². The van der Waals surface area contributed by atoms with E-state index in [1.807, 2.05) is 0 Å². The van der Waals surface area contributed by atoms with Crippen molar-refractivity contribution in [3.05, 3.63) is 110 Å². The lowest BCUT2D eigenvalue weighted by Crippen LogP contribution is -2.17. The quantitative estimate of drug-likeness (QED) is 0.0469. The van der Waals surface area contributed by atoms with Crippen molar-refractivity contribution in [2.75, 3.05) is 19.5 Å². The lowest BCUT2D eigenvalue weighted by molar-refractivity contribution is -0.385. The molecular formula is C33H25ClF6N2O11S. The predicted molar refractivity (Wildman–Crippen MR) is 173 cm³/mol. The molecule has 4 aromatic rings. The normalized spacial score (nSPS) is 13.0. The van der Waals surface area contributed by atoms with Crippen LogP contribution in [0.5, 0.6) is 11.5 Å². The minimum absolute atomic E-state index is 0.0441. The second kappa shape index (κ2) is 16.3. The highest BCUT2D eigenvalue weighted by molar-refractivity contribution is 7.90. The highest BCUT2D eigenvalue weighted by Crippen LogP contribution is 2.43. The monoisotopic (exact) mass is 806 g/mol. The van der Waals surface area contributed by atoms with Gasteiger partial charge < -0.3 is 18.7 Å². The molecule has 0 unspecified atom stereocenters. The molecule has 0 N–H and O–H groups in total. The Morgan fingerprint density at radius 3 is 2.11 bits per heavy atom. The molecule has 0 saturated heterocycles. The largest absolute Gasteiger partial charge is 0.463 e. The molecule has 1 aromatic heterocycles. The fourth-order valence-corrected chi connectivity index (χ4v) is 5.71. The van der Waals surface area contributed by atoms with E-state index in [9.17, 15) is 59.3 Å². The zero-order valence-corrected chi connectivity index (χ0v) is 29.2. The maximum absolute atomic E-state index is 12.8. The zero-order valence-electron chi connectivity index (χ0n) is 27.6. The smallest absolute Gasteiger partial charge is 0.416 e. The van der Waals surface area contributed by atoms with E-state index in [4.69, 9.17) is 25.6 Å². The number of hydrogen-bond acceptors (Lipinski definition) is 12. The maximum Gasteiger partial charge on any atom is 0.416 e. The van der Waals surface area contributed by atoms with Crippen LogP contribution in [-0.4, -0.2) is 55.7 Å². The highest BCUT2D eigenvalue weighted by Gasteiger charge is 2.36. The number of rotatable bonds is 11. The molecule has 0 atom stereocenters. The minimum atomic E-state index is -4.71. The molecule has 0 spiro atoms. The van der Waals surface area contributed by atoms with Gasteiger partial charge in [-0.15, -0.1) is 0 Å². The van der Waals surface area contributed by atoms with Crippen molar-refractivity contribution >= 4 is 44.8 Å². The fourth-order valence-electron chi connectivity index (χ4n) is 4.59. The Bertz CT molecular complexity index is 2200. The van der Waals surface area contributed by atoms with Gasteiger partial charge in [-0.05, 0) is 62.2 Å². The summed E-state index contributed by atoms with van der Waals surface area (Å²) in [5.74, 6) is -2.68. The van der Waals surface area contributed by atoms with E-state index >= 15 is 0 Å². The average molecular weight is 807 g/mol. The van der Waals surface area contributed by atoms with Crippen LogP contribution in [0.15, 0.2) is 70.2 Å². The van der Waals surface area contributed by atoms with E-state index in [0.717, 1.165) is 55.5 Å². The number of carbonyl (C=O) groups is 3. The molecule has 1 aliphatic carbocycles. The van der Waals surface area contributed by atoms with Gasteiger partial charge in [0.1, 0.15) is 17.1 Å². The third kappa shape index (κ3) is 10.3. The number of carbonyl (C=O) groups excluding carboxylic acids is 3. The molecule has 54 heavy (non-hydrogen) atoms. The van der Waals surface area contributed by atoms with Gasteiger partial charge in [0.2, 0.25) is 0 Å². The first kappa shape index (κ1) is 41.3. The van der Waals surface area contributed by atoms with Crippen LogP contribution in [0, 0.1) is 10.1 Å². The first-order chi connectivity index (χ1) is 25.1. The summed E-state index contributed by atoms with van der Waals surface area (Å²) in [6.07, 6.45) is -5.75. The summed E-state index contributed by atoms with van der Waals surface area (Å²) < 4.78 is 120. The number of hydrogen-bond donors (Lipinski definition) is 0. The number of alkyl halides is 6. The number of nitro benzene ring substituents is 1. The molecule has 0 aliphatic heterocycles. The van der Waals surface area contributed by atoms with Crippen LogP contribution in [0.3, 0.4) is 0 Å². The molecule has 13 nitrogen and oxygen atoms in total. The van der Waals surface area contributed by atoms with Gasteiger partial charge >= 0.3 is 24.3 Å². The molecule has 288 valence electrons. The van der Waals surface area contributed by atoms with Crippen molar-refractivity contribution in [3.8, 4) is 11.5 Å². The topological polar surface area (TPSA) is 182 Å². The molecule has 1 aliphatic rings. The summed E-state index contributed by atoms with van der Waals surface area (Å²) in [6.45, 7) is 0.825. The number of nitro groups is 1. The standard InChI is InChI=1S/C18H13ClF3NO7.C15H12F3NO4S/c1-2-28-16(24)9-29-17(25)12-8-11(4-5-14(12)23(26)27)30-15-6-3-10(7-13(15)19)18(20,21)22;1-24(21,22)12-6-9(15(16,17)18)4-5-10(12)13(20)11-7-19-23-14(11)8-2-3-8/h3-8H,2,9H2,1H3;4-8H,2-3H2,1H3. The van der Waals surface area contributed by atoms with Gasteiger partial charge in [-0.2, -0.15) is 26.3 Å². The number of halogens is 7. The third-order valence-corrected chi connectivity index (χ3v) is 8.67. The first-order valence-corrected chi connectivity index (χ1v) is 17.4. The van der Waals surface area contributed by atoms with Gasteiger partial charge in [-0.25, -0.2) is 18.0 Å². The molecule has 21 heteroatoms. The molecule has 0 bridgehead atoms. The second-order valence-corrected chi connectivity index (χ2v) is 13.6.